The summed E-state index contributed by atoms with van der Waals surface area (Å²) in [4.78, 5) is 24.5. The lowest BCUT2D eigenvalue weighted by molar-refractivity contribution is -0.143. The van der Waals surface area contributed by atoms with Gasteiger partial charge in [0.25, 0.3) is 0 Å². The number of piperidine rings is 1. The Morgan fingerprint density at radius 3 is 2.55 bits per heavy atom. The number of benzene rings is 1. The van der Waals surface area contributed by atoms with Crippen LogP contribution in [0.15, 0.2) is 47.9 Å². The Labute approximate surface area is 224 Å². The largest absolute Gasteiger partial charge is 0.480 e. The van der Waals surface area contributed by atoms with Crippen molar-refractivity contribution in [2.45, 2.75) is 55.5 Å². The van der Waals surface area contributed by atoms with Crippen LogP contribution in [0.1, 0.15) is 50.0 Å². The summed E-state index contributed by atoms with van der Waals surface area (Å²) >= 11 is 0. The molecule has 0 unspecified atom stereocenters. The van der Waals surface area contributed by atoms with Crippen LogP contribution in [0.5, 0.6) is 0 Å². The highest BCUT2D eigenvalue weighted by atomic mass is 32.2. The number of hydrogen-bond acceptors (Lipinski definition) is 7. The van der Waals surface area contributed by atoms with Gasteiger partial charge in [-0.25, -0.2) is 17.8 Å². The van der Waals surface area contributed by atoms with E-state index in [1.807, 2.05) is 6.07 Å². The maximum Gasteiger partial charge on any atom is 0.320 e. The summed E-state index contributed by atoms with van der Waals surface area (Å²) in [7, 11) is -3.43. The summed E-state index contributed by atoms with van der Waals surface area (Å²) in [6.07, 6.45) is 9.55. The highest BCUT2D eigenvalue weighted by Gasteiger charge is 2.42. The van der Waals surface area contributed by atoms with E-state index < -0.39 is 21.8 Å². The molecule has 1 aliphatic carbocycles. The summed E-state index contributed by atoms with van der Waals surface area (Å²) in [5.41, 5.74) is 0.942. The number of likely N-dealkylation sites (tertiary alicyclic amines) is 2. The standard InChI is InChI=1S/C28H37FN4O4S/c29-24-3-1-2-22(15-24)25-19-33(26(28(34)35)14-21-4-5-21)18-23(25)17-32-11-6-20(7-12-32)8-13-38(36,37)27-16-30-9-10-31-27/h1-3,9-10,15-16,20-21,23,25-26H,4-8,11-14,17-19H2,(H,34,35)/t23-,25+,26+/m0/s1. The second-order valence-electron chi connectivity index (χ2n) is 11.3. The van der Waals surface area contributed by atoms with Crippen molar-refractivity contribution in [2.75, 3.05) is 38.5 Å². The lowest BCUT2D eigenvalue weighted by atomic mass is 9.87. The monoisotopic (exact) mass is 544 g/mol. The first-order valence-corrected chi connectivity index (χ1v) is 15.4. The number of aromatic nitrogens is 2. The fourth-order valence-corrected chi connectivity index (χ4v) is 7.49. The van der Waals surface area contributed by atoms with Gasteiger partial charge in [-0.2, -0.15) is 0 Å². The SMILES string of the molecule is O=C(O)[C@@H](CC1CC1)N1C[C@H](CN2CCC(CCS(=O)(=O)c3cnccn3)CC2)[C@@H](c2cccc(F)c2)C1. The minimum Gasteiger partial charge on any atom is -0.480 e. The van der Waals surface area contributed by atoms with Crippen molar-refractivity contribution in [3.8, 4) is 0 Å². The highest BCUT2D eigenvalue weighted by molar-refractivity contribution is 7.91. The van der Waals surface area contributed by atoms with E-state index in [-0.39, 0.29) is 28.4 Å². The van der Waals surface area contributed by atoms with Gasteiger partial charge >= 0.3 is 5.97 Å². The molecule has 2 aromatic rings. The molecule has 8 nitrogen and oxygen atoms in total. The Bertz CT molecular complexity index is 1200. The van der Waals surface area contributed by atoms with Crippen molar-refractivity contribution in [3.05, 3.63) is 54.2 Å². The minimum absolute atomic E-state index is 0.0352. The Kier molecular flexibility index (Phi) is 8.40. The number of carboxylic acid groups (broad SMARTS) is 1. The number of rotatable bonds is 11. The molecule has 1 aromatic carbocycles. The molecule has 3 aliphatic rings. The molecule has 1 saturated carbocycles. The van der Waals surface area contributed by atoms with E-state index in [9.17, 15) is 22.7 Å². The summed E-state index contributed by atoms with van der Waals surface area (Å²) in [6, 6.07) is 6.27. The van der Waals surface area contributed by atoms with E-state index in [0.29, 0.717) is 37.8 Å². The lowest BCUT2D eigenvalue weighted by Gasteiger charge is -2.34. The molecule has 1 aromatic heterocycles. The van der Waals surface area contributed by atoms with Crippen LogP contribution in [0.3, 0.4) is 0 Å². The van der Waals surface area contributed by atoms with E-state index in [0.717, 1.165) is 50.9 Å². The molecule has 38 heavy (non-hydrogen) atoms. The van der Waals surface area contributed by atoms with E-state index in [4.69, 9.17) is 0 Å². The van der Waals surface area contributed by atoms with Crippen molar-refractivity contribution in [2.24, 2.45) is 17.8 Å². The molecule has 2 aliphatic heterocycles. The van der Waals surface area contributed by atoms with Crippen molar-refractivity contribution in [1.82, 2.24) is 19.8 Å². The average molecular weight is 545 g/mol. The Hall–Kier alpha value is -2.43. The predicted molar refractivity (Wildman–Crippen MR) is 141 cm³/mol. The summed E-state index contributed by atoms with van der Waals surface area (Å²) in [5, 5.41) is 10.0. The van der Waals surface area contributed by atoms with Gasteiger partial charge in [-0.05, 0) is 74.2 Å². The number of halogens is 1. The zero-order chi connectivity index (χ0) is 26.7. The Morgan fingerprint density at radius 1 is 1.11 bits per heavy atom. The van der Waals surface area contributed by atoms with Crippen LogP contribution in [0, 0.1) is 23.6 Å². The summed E-state index contributed by atoms with van der Waals surface area (Å²) in [5.74, 6) is 0.212. The van der Waals surface area contributed by atoms with Gasteiger partial charge in [0.15, 0.2) is 14.9 Å². The van der Waals surface area contributed by atoms with Crippen molar-refractivity contribution in [1.29, 1.82) is 0 Å². The van der Waals surface area contributed by atoms with E-state index in [1.54, 1.807) is 12.1 Å². The molecule has 5 rings (SSSR count). The van der Waals surface area contributed by atoms with Crippen LogP contribution in [-0.2, 0) is 14.6 Å². The van der Waals surface area contributed by atoms with Gasteiger partial charge in [0.05, 0.1) is 11.9 Å². The first-order valence-electron chi connectivity index (χ1n) is 13.7. The van der Waals surface area contributed by atoms with Gasteiger partial charge in [0, 0.05) is 37.9 Å². The Morgan fingerprint density at radius 2 is 1.89 bits per heavy atom. The van der Waals surface area contributed by atoms with Crippen LogP contribution in [0.4, 0.5) is 4.39 Å². The topological polar surface area (TPSA) is 104 Å². The third-order valence-corrected chi connectivity index (χ3v) is 10.2. The average Bonchev–Trinajstić information content (AvgIpc) is 3.65. The zero-order valence-electron chi connectivity index (χ0n) is 21.7. The molecular formula is C28H37FN4O4S. The van der Waals surface area contributed by atoms with Crippen LogP contribution >= 0.6 is 0 Å². The predicted octanol–water partition coefficient (Wildman–Crippen LogP) is 3.46. The fraction of sp³-hybridized carbons (Fsp3) is 0.607. The maximum atomic E-state index is 14.1. The minimum atomic E-state index is -3.43. The molecule has 10 heteroatoms. The van der Waals surface area contributed by atoms with Crippen LogP contribution in [-0.4, -0.2) is 83.8 Å². The van der Waals surface area contributed by atoms with Crippen LogP contribution in [0.25, 0.3) is 0 Å². The second kappa shape index (κ2) is 11.8. The number of hydrogen-bond donors (Lipinski definition) is 1. The highest BCUT2D eigenvalue weighted by Crippen LogP contribution is 2.39. The molecule has 1 N–H and O–H groups in total. The summed E-state index contributed by atoms with van der Waals surface area (Å²) < 4.78 is 39.3. The first-order chi connectivity index (χ1) is 18.3. The van der Waals surface area contributed by atoms with Gasteiger partial charge in [0.1, 0.15) is 11.9 Å². The van der Waals surface area contributed by atoms with Gasteiger partial charge < -0.3 is 10.0 Å². The van der Waals surface area contributed by atoms with Gasteiger partial charge in [-0.1, -0.05) is 25.0 Å². The quantitative estimate of drug-likeness (QED) is 0.459. The third kappa shape index (κ3) is 6.76. The Balaban J connectivity index is 1.19. The second-order valence-corrected chi connectivity index (χ2v) is 13.4. The molecule has 0 spiro atoms. The molecule has 3 atom stereocenters. The van der Waals surface area contributed by atoms with E-state index >= 15 is 0 Å². The number of nitrogens with zero attached hydrogens (tertiary/aromatic N) is 4. The zero-order valence-corrected chi connectivity index (χ0v) is 22.5. The molecule has 3 heterocycles. The molecule has 2 saturated heterocycles. The first kappa shape index (κ1) is 27.1. The van der Waals surface area contributed by atoms with Crippen molar-refractivity contribution >= 4 is 15.8 Å². The smallest absolute Gasteiger partial charge is 0.320 e. The van der Waals surface area contributed by atoms with E-state index in [1.165, 1.54) is 24.7 Å². The number of sulfone groups is 1. The molecular weight excluding hydrogens is 507 g/mol. The normalized spacial score (nSPS) is 24.4. The molecule has 206 valence electrons. The van der Waals surface area contributed by atoms with E-state index in [2.05, 4.69) is 19.8 Å². The van der Waals surface area contributed by atoms with Crippen molar-refractivity contribution < 1.29 is 22.7 Å². The number of aliphatic carboxylic acids is 1. The molecule has 0 radical (unpaired) electrons. The van der Waals surface area contributed by atoms with Gasteiger partial charge in [-0.3, -0.25) is 14.7 Å². The summed E-state index contributed by atoms with van der Waals surface area (Å²) in [6.45, 7) is 3.92. The molecule has 3 fully saturated rings. The molecule has 0 bridgehead atoms. The third-order valence-electron chi connectivity index (χ3n) is 8.58. The molecule has 0 amide bonds. The van der Waals surface area contributed by atoms with Crippen LogP contribution in [0.2, 0.25) is 0 Å². The van der Waals surface area contributed by atoms with Gasteiger partial charge in [-0.15, -0.1) is 0 Å². The fourth-order valence-electron chi connectivity index (χ4n) is 6.20. The number of carbonyl (C=O) groups is 1. The number of carboxylic acids is 1. The van der Waals surface area contributed by atoms with Crippen molar-refractivity contribution in [3.63, 3.8) is 0 Å². The van der Waals surface area contributed by atoms with Crippen LogP contribution < -0.4 is 0 Å². The maximum absolute atomic E-state index is 14.1. The lowest BCUT2D eigenvalue weighted by Crippen LogP contribution is -2.42. The van der Waals surface area contributed by atoms with Gasteiger partial charge in [0.2, 0.25) is 0 Å².